The lowest BCUT2D eigenvalue weighted by atomic mass is 10.2. The Morgan fingerprint density at radius 3 is 2.67 bits per heavy atom. The number of benzene rings is 1. The molecule has 2 rings (SSSR count). The first-order chi connectivity index (χ1) is 7.31. The van der Waals surface area contributed by atoms with E-state index in [-0.39, 0.29) is 0 Å². The van der Waals surface area contributed by atoms with Crippen LogP contribution < -0.4 is 9.64 Å². The van der Waals surface area contributed by atoms with Crippen molar-refractivity contribution in [2.45, 2.75) is 0 Å². The first kappa shape index (κ1) is 10.8. The molecule has 0 amide bonds. The molecule has 0 aromatic heterocycles. The van der Waals surface area contributed by atoms with Gasteiger partial charge in [0.1, 0.15) is 5.75 Å². The van der Waals surface area contributed by atoms with Crippen LogP contribution in [-0.4, -0.2) is 33.4 Å². The summed E-state index contributed by atoms with van der Waals surface area (Å²) >= 11 is 3.56. The average molecular weight is 272 g/mol. The third-order valence-electron chi connectivity index (χ3n) is 2.51. The van der Waals surface area contributed by atoms with Crippen molar-refractivity contribution in [3.63, 3.8) is 0 Å². The van der Waals surface area contributed by atoms with Gasteiger partial charge in [-0.15, -0.1) is 0 Å². The number of hydrogen-bond acceptors (Lipinski definition) is 3. The molecular weight excluding hydrogens is 258 g/mol. The highest BCUT2D eigenvalue weighted by molar-refractivity contribution is 9.10. The molecule has 0 aliphatic carbocycles. The van der Waals surface area contributed by atoms with Gasteiger partial charge >= 0.3 is 0 Å². The molecule has 15 heavy (non-hydrogen) atoms. The molecule has 1 fully saturated rings. The molecule has 4 heteroatoms. The van der Waals surface area contributed by atoms with Crippen molar-refractivity contribution in [2.75, 3.05) is 38.3 Å². The fraction of sp³-hybridized carbons (Fsp3) is 0.455. The van der Waals surface area contributed by atoms with Crippen LogP contribution >= 0.6 is 15.9 Å². The van der Waals surface area contributed by atoms with E-state index in [0.717, 1.165) is 36.5 Å². The van der Waals surface area contributed by atoms with Gasteiger partial charge in [0.15, 0.2) is 0 Å². The topological polar surface area (TPSA) is 21.7 Å². The van der Waals surface area contributed by atoms with Crippen molar-refractivity contribution in [2.24, 2.45) is 0 Å². The lowest BCUT2D eigenvalue weighted by molar-refractivity contribution is 0.122. The lowest BCUT2D eigenvalue weighted by Crippen LogP contribution is -2.36. The van der Waals surface area contributed by atoms with Crippen molar-refractivity contribution in [1.82, 2.24) is 0 Å². The molecule has 0 atom stereocenters. The van der Waals surface area contributed by atoms with Gasteiger partial charge in [-0.05, 0) is 34.1 Å². The van der Waals surface area contributed by atoms with Gasteiger partial charge in [0, 0.05) is 17.6 Å². The Hall–Kier alpha value is -0.740. The highest BCUT2D eigenvalue weighted by Gasteiger charge is 2.13. The van der Waals surface area contributed by atoms with E-state index in [9.17, 15) is 0 Å². The summed E-state index contributed by atoms with van der Waals surface area (Å²) in [7, 11) is 1.68. The highest BCUT2D eigenvalue weighted by Crippen LogP contribution is 2.30. The largest absolute Gasteiger partial charge is 0.497 e. The summed E-state index contributed by atoms with van der Waals surface area (Å²) in [6.45, 7) is 3.51. The van der Waals surface area contributed by atoms with Crippen LogP contribution in [0.3, 0.4) is 0 Å². The Kier molecular flexibility index (Phi) is 3.49. The summed E-state index contributed by atoms with van der Waals surface area (Å²) < 4.78 is 11.6. The van der Waals surface area contributed by atoms with Crippen LogP contribution in [0.1, 0.15) is 0 Å². The predicted octanol–water partition coefficient (Wildman–Crippen LogP) is 2.29. The van der Waals surface area contributed by atoms with E-state index in [1.54, 1.807) is 7.11 Å². The van der Waals surface area contributed by atoms with Gasteiger partial charge in [-0.2, -0.15) is 0 Å². The van der Waals surface area contributed by atoms with Crippen molar-refractivity contribution in [3.05, 3.63) is 22.7 Å². The van der Waals surface area contributed by atoms with Crippen molar-refractivity contribution in [1.29, 1.82) is 0 Å². The molecule has 0 saturated carbocycles. The maximum atomic E-state index is 5.32. The number of hydrogen-bond donors (Lipinski definition) is 0. The zero-order valence-corrected chi connectivity index (χ0v) is 10.3. The molecule has 0 N–H and O–H groups in total. The standard InChI is InChI=1S/C11H14BrNO2/c1-14-9-2-3-11(10(12)8-9)13-4-6-15-7-5-13/h2-3,8H,4-7H2,1H3. The number of nitrogens with zero attached hydrogens (tertiary/aromatic N) is 1. The van der Waals surface area contributed by atoms with Crippen LogP contribution in [0.2, 0.25) is 0 Å². The minimum atomic E-state index is 0.804. The van der Waals surface area contributed by atoms with Crippen molar-refractivity contribution >= 4 is 21.6 Å². The molecule has 1 aliphatic rings. The van der Waals surface area contributed by atoms with E-state index >= 15 is 0 Å². The number of anilines is 1. The molecule has 0 spiro atoms. The van der Waals surface area contributed by atoms with Crippen LogP contribution in [0.25, 0.3) is 0 Å². The summed E-state index contributed by atoms with van der Waals surface area (Å²) in [5, 5.41) is 0. The maximum Gasteiger partial charge on any atom is 0.120 e. The summed E-state index contributed by atoms with van der Waals surface area (Å²) in [4.78, 5) is 2.31. The third-order valence-corrected chi connectivity index (χ3v) is 3.14. The second kappa shape index (κ2) is 4.86. The van der Waals surface area contributed by atoms with Gasteiger partial charge in [-0.3, -0.25) is 0 Å². The van der Waals surface area contributed by atoms with Crippen LogP contribution in [-0.2, 0) is 4.74 Å². The summed E-state index contributed by atoms with van der Waals surface area (Å²) in [6, 6.07) is 6.05. The van der Waals surface area contributed by atoms with Crippen molar-refractivity contribution in [3.8, 4) is 5.75 Å². The van der Waals surface area contributed by atoms with E-state index in [1.165, 1.54) is 5.69 Å². The number of rotatable bonds is 2. The number of ether oxygens (including phenoxy) is 2. The number of methoxy groups -OCH3 is 1. The smallest absolute Gasteiger partial charge is 0.120 e. The molecule has 3 nitrogen and oxygen atoms in total. The predicted molar refractivity (Wildman–Crippen MR) is 63.7 cm³/mol. The Labute approximate surface area is 98.1 Å². The second-order valence-corrected chi connectivity index (χ2v) is 4.27. The third kappa shape index (κ3) is 2.44. The zero-order valence-electron chi connectivity index (χ0n) is 8.70. The van der Waals surface area contributed by atoms with Crippen LogP contribution in [0.4, 0.5) is 5.69 Å². The molecule has 0 unspecified atom stereocenters. The van der Waals surface area contributed by atoms with Gasteiger partial charge < -0.3 is 14.4 Å². The minimum Gasteiger partial charge on any atom is -0.497 e. The fourth-order valence-corrected chi connectivity index (χ4v) is 2.28. The monoisotopic (exact) mass is 271 g/mol. The molecule has 1 heterocycles. The second-order valence-electron chi connectivity index (χ2n) is 3.42. The van der Waals surface area contributed by atoms with Crippen molar-refractivity contribution < 1.29 is 9.47 Å². The number of morpholine rings is 1. The van der Waals surface area contributed by atoms with E-state index in [1.807, 2.05) is 12.1 Å². The average Bonchev–Trinajstić information content (AvgIpc) is 2.30. The Morgan fingerprint density at radius 2 is 2.07 bits per heavy atom. The molecular formula is C11H14BrNO2. The maximum absolute atomic E-state index is 5.32. The van der Waals surface area contributed by atoms with Crippen LogP contribution in [0.5, 0.6) is 5.75 Å². The molecule has 1 saturated heterocycles. The molecule has 0 radical (unpaired) electrons. The molecule has 1 aliphatic heterocycles. The normalized spacial score (nSPS) is 16.5. The summed E-state index contributed by atoms with van der Waals surface area (Å²) in [5.41, 5.74) is 1.21. The SMILES string of the molecule is COc1ccc(N2CCOCC2)c(Br)c1. The Morgan fingerprint density at radius 1 is 1.33 bits per heavy atom. The lowest BCUT2D eigenvalue weighted by Gasteiger charge is -2.29. The quantitative estimate of drug-likeness (QED) is 0.824. The molecule has 1 aromatic rings. The first-order valence-electron chi connectivity index (χ1n) is 4.97. The molecule has 1 aromatic carbocycles. The first-order valence-corrected chi connectivity index (χ1v) is 5.77. The van der Waals surface area contributed by atoms with Gasteiger partial charge in [0.2, 0.25) is 0 Å². The highest BCUT2D eigenvalue weighted by atomic mass is 79.9. The van der Waals surface area contributed by atoms with Gasteiger partial charge in [0.25, 0.3) is 0 Å². The van der Waals surface area contributed by atoms with E-state index in [2.05, 4.69) is 26.9 Å². The summed E-state index contributed by atoms with van der Waals surface area (Å²) in [5.74, 6) is 0.874. The van der Waals surface area contributed by atoms with E-state index in [4.69, 9.17) is 9.47 Å². The molecule has 0 bridgehead atoms. The van der Waals surface area contributed by atoms with E-state index in [0.29, 0.717) is 0 Å². The van der Waals surface area contributed by atoms with Gasteiger partial charge in [-0.1, -0.05) is 0 Å². The number of halogens is 1. The zero-order chi connectivity index (χ0) is 10.7. The van der Waals surface area contributed by atoms with E-state index < -0.39 is 0 Å². The fourth-order valence-electron chi connectivity index (χ4n) is 1.68. The molecule has 82 valence electrons. The Balaban J connectivity index is 2.19. The minimum absolute atomic E-state index is 0.804. The Bertz CT molecular complexity index is 337. The van der Waals surface area contributed by atoms with Gasteiger partial charge in [-0.25, -0.2) is 0 Å². The van der Waals surface area contributed by atoms with Crippen LogP contribution in [0, 0.1) is 0 Å². The summed E-state index contributed by atoms with van der Waals surface area (Å²) in [6.07, 6.45) is 0. The van der Waals surface area contributed by atoms with Gasteiger partial charge in [0.05, 0.1) is 26.0 Å². The van der Waals surface area contributed by atoms with Crippen LogP contribution in [0.15, 0.2) is 22.7 Å².